The lowest BCUT2D eigenvalue weighted by Gasteiger charge is -2.08. The molecular formula is C16H11F5N4O2S. The molecule has 1 aromatic heterocycles. The van der Waals surface area contributed by atoms with Gasteiger partial charge in [-0.2, -0.15) is 18.2 Å². The summed E-state index contributed by atoms with van der Waals surface area (Å²) in [6.45, 7) is -0.118. The molecule has 0 spiro atoms. The van der Waals surface area contributed by atoms with Gasteiger partial charge in [-0.3, -0.25) is 0 Å². The Labute approximate surface area is 155 Å². The number of anilines is 1. The molecule has 6 nitrogen and oxygen atoms in total. The number of nitrogens with one attached hydrogen (secondary N) is 1. The highest BCUT2D eigenvalue weighted by atomic mass is 32.2. The molecule has 0 aliphatic heterocycles. The summed E-state index contributed by atoms with van der Waals surface area (Å²) in [5.74, 6) is -2.57. The van der Waals surface area contributed by atoms with Gasteiger partial charge in [-0.25, -0.2) is 26.6 Å². The van der Waals surface area contributed by atoms with Crippen molar-refractivity contribution in [2.24, 2.45) is 0 Å². The number of hydrogen-bond acceptors (Lipinski definition) is 4. The third-order valence-electron chi connectivity index (χ3n) is 3.54. The molecule has 148 valence electrons. The average molecular weight is 418 g/mol. The molecule has 2 aromatic carbocycles. The molecule has 0 aliphatic rings. The average Bonchev–Trinajstić information content (AvgIpc) is 3.02. The second-order valence-electron chi connectivity index (χ2n) is 5.64. The zero-order chi connectivity index (χ0) is 20.5. The lowest BCUT2D eigenvalue weighted by molar-refractivity contribution is -0.137. The molecule has 0 radical (unpaired) electrons. The van der Waals surface area contributed by atoms with Crippen LogP contribution in [-0.2, 0) is 22.7 Å². The molecule has 0 amide bonds. The highest BCUT2D eigenvalue weighted by Crippen LogP contribution is 2.29. The Morgan fingerprint density at radius 1 is 1.07 bits per heavy atom. The molecule has 12 heteroatoms. The van der Waals surface area contributed by atoms with E-state index < -0.39 is 44.2 Å². The maximum atomic E-state index is 13.7. The first-order valence-corrected chi connectivity index (χ1v) is 9.06. The van der Waals surface area contributed by atoms with Gasteiger partial charge in [-0.15, -0.1) is 5.10 Å². The van der Waals surface area contributed by atoms with Gasteiger partial charge in [0.25, 0.3) is 16.0 Å². The quantitative estimate of drug-likeness (QED) is 0.645. The van der Waals surface area contributed by atoms with Crippen molar-refractivity contribution in [3.05, 3.63) is 71.6 Å². The lowest BCUT2D eigenvalue weighted by atomic mass is 10.1. The van der Waals surface area contributed by atoms with Crippen LogP contribution in [0.15, 0.2) is 53.7 Å². The van der Waals surface area contributed by atoms with E-state index in [4.69, 9.17) is 0 Å². The van der Waals surface area contributed by atoms with E-state index in [1.165, 1.54) is 12.1 Å². The van der Waals surface area contributed by atoms with Gasteiger partial charge in [0.05, 0.1) is 12.1 Å². The number of sulfonamides is 1. The van der Waals surface area contributed by atoms with E-state index in [1.54, 1.807) is 0 Å². The third kappa shape index (κ3) is 4.44. The van der Waals surface area contributed by atoms with Crippen LogP contribution in [-0.4, -0.2) is 23.2 Å². The number of hydrogen-bond donors (Lipinski definition) is 1. The lowest BCUT2D eigenvalue weighted by Crippen LogP contribution is -2.16. The van der Waals surface area contributed by atoms with E-state index in [-0.39, 0.29) is 12.1 Å². The fourth-order valence-corrected chi connectivity index (χ4v) is 3.35. The third-order valence-corrected chi connectivity index (χ3v) is 4.89. The van der Waals surface area contributed by atoms with Crippen LogP contribution in [0.2, 0.25) is 0 Å². The predicted molar refractivity (Wildman–Crippen MR) is 87.7 cm³/mol. The fraction of sp³-hybridized carbons (Fsp3) is 0.125. The van der Waals surface area contributed by atoms with Crippen molar-refractivity contribution >= 4 is 16.0 Å². The van der Waals surface area contributed by atoms with Crippen LogP contribution in [0.25, 0.3) is 0 Å². The van der Waals surface area contributed by atoms with Crippen molar-refractivity contribution in [2.75, 3.05) is 4.72 Å². The molecule has 1 N–H and O–H groups in total. The molecule has 0 unspecified atom stereocenters. The monoisotopic (exact) mass is 418 g/mol. The van der Waals surface area contributed by atoms with Crippen LogP contribution in [0.3, 0.4) is 0 Å². The highest BCUT2D eigenvalue weighted by Gasteiger charge is 2.30. The van der Waals surface area contributed by atoms with Gasteiger partial charge in [0, 0.05) is 0 Å². The van der Waals surface area contributed by atoms with Crippen LogP contribution >= 0.6 is 0 Å². The van der Waals surface area contributed by atoms with E-state index in [1.807, 2.05) is 4.72 Å². The first-order valence-electron chi connectivity index (χ1n) is 7.58. The van der Waals surface area contributed by atoms with E-state index in [0.29, 0.717) is 12.1 Å². The molecule has 3 aromatic rings. The Bertz CT molecular complexity index is 1110. The molecule has 0 atom stereocenters. The summed E-state index contributed by atoms with van der Waals surface area (Å²) >= 11 is 0. The van der Waals surface area contributed by atoms with Gasteiger partial charge >= 0.3 is 6.18 Å². The van der Waals surface area contributed by atoms with Crippen molar-refractivity contribution < 1.29 is 30.4 Å². The van der Waals surface area contributed by atoms with Gasteiger partial charge in [0.2, 0.25) is 0 Å². The molecule has 0 saturated heterocycles. The van der Waals surface area contributed by atoms with Crippen LogP contribution < -0.4 is 4.72 Å². The van der Waals surface area contributed by atoms with Crippen molar-refractivity contribution in [3.63, 3.8) is 0 Å². The first kappa shape index (κ1) is 19.7. The van der Waals surface area contributed by atoms with Crippen molar-refractivity contribution in [1.29, 1.82) is 0 Å². The molecule has 3 rings (SSSR count). The van der Waals surface area contributed by atoms with Crippen molar-refractivity contribution in [2.45, 2.75) is 17.6 Å². The molecule has 0 saturated carbocycles. The molecule has 0 aliphatic carbocycles. The summed E-state index contributed by atoms with van der Waals surface area (Å²) in [4.78, 5) is 2.74. The smallest absolute Gasteiger partial charge is 0.246 e. The Balaban J connectivity index is 1.79. The first-order chi connectivity index (χ1) is 13.0. The number of nitrogens with zero attached hydrogens (tertiary/aromatic N) is 3. The second-order valence-corrected chi connectivity index (χ2v) is 7.29. The van der Waals surface area contributed by atoms with Gasteiger partial charge in [-0.1, -0.05) is 12.1 Å². The maximum Gasteiger partial charge on any atom is 0.416 e. The number of halogens is 5. The van der Waals surface area contributed by atoms with Crippen LogP contribution in [0.5, 0.6) is 0 Å². The summed E-state index contributed by atoms with van der Waals surface area (Å²) < 4.78 is 92.4. The Morgan fingerprint density at radius 3 is 2.54 bits per heavy atom. The van der Waals surface area contributed by atoms with Gasteiger partial charge in [0.15, 0.2) is 0 Å². The Hall–Kier alpha value is -3.02. The van der Waals surface area contributed by atoms with E-state index >= 15 is 0 Å². The summed E-state index contributed by atoms with van der Waals surface area (Å²) in [5.41, 5.74) is -0.585. The second kappa shape index (κ2) is 7.19. The van der Waals surface area contributed by atoms with Gasteiger partial charge in [-0.05, 0) is 35.9 Å². The van der Waals surface area contributed by atoms with E-state index in [0.717, 1.165) is 29.2 Å². The van der Waals surface area contributed by atoms with Crippen molar-refractivity contribution in [3.8, 4) is 0 Å². The normalized spacial score (nSPS) is 12.2. The zero-order valence-corrected chi connectivity index (χ0v) is 14.6. The molecule has 0 fully saturated rings. The standard InChI is InChI=1S/C16H11F5N4O2S/c17-12-4-5-13(18)14(7-12)28(26,27)24-15-22-9-25(23-15)8-10-2-1-3-11(6-10)16(19,20)21/h1-7,9H,8H2,(H,23,24). The van der Waals surface area contributed by atoms with Crippen LogP contribution in [0.4, 0.5) is 27.9 Å². The number of rotatable bonds is 5. The molecule has 0 bridgehead atoms. The predicted octanol–water partition coefficient (Wildman–Crippen LogP) is 3.42. The van der Waals surface area contributed by atoms with Gasteiger partial charge in [0.1, 0.15) is 22.9 Å². The SMILES string of the molecule is O=S(=O)(Nc1ncn(Cc2cccc(C(F)(F)F)c2)n1)c1cc(F)ccc1F. The summed E-state index contributed by atoms with van der Waals surface area (Å²) in [7, 11) is -4.50. The summed E-state index contributed by atoms with van der Waals surface area (Å²) in [6, 6.07) is 6.41. The maximum absolute atomic E-state index is 13.7. The number of alkyl halides is 3. The van der Waals surface area contributed by atoms with Gasteiger partial charge < -0.3 is 0 Å². The Kier molecular flexibility index (Phi) is 5.06. The van der Waals surface area contributed by atoms with Crippen molar-refractivity contribution in [1.82, 2.24) is 14.8 Å². The minimum absolute atomic E-state index is 0.118. The fourth-order valence-electron chi connectivity index (χ4n) is 2.31. The molecule has 28 heavy (non-hydrogen) atoms. The minimum atomic E-state index is -4.51. The minimum Gasteiger partial charge on any atom is -0.246 e. The van der Waals surface area contributed by atoms with E-state index in [2.05, 4.69) is 10.1 Å². The van der Waals surface area contributed by atoms with E-state index in [9.17, 15) is 30.4 Å². The molecular weight excluding hydrogens is 407 g/mol. The Morgan fingerprint density at radius 2 is 1.82 bits per heavy atom. The zero-order valence-electron chi connectivity index (χ0n) is 13.8. The van der Waals surface area contributed by atoms with Crippen LogP contribution in [0, 0.1) is 11.6 Å². The summed E-state index contributed by atoms with van der Waals surface area (Å²) in [6.07, 6.45) is -3.42. The summed E-state index contributed by atoms with van der Waals surface area (Å²) in [5, 5.41) is 3.78. The highest BCUT2D eigenvalue weighted by molar-refractivity contribution is 7.92. The number of aromatic nitrogens is 3. The largest absolute Gasteiger partial charge is 0.416 e. The molecule has 1 heterocycles. The number of benzene rings is 2. The topological polar surface area (TPSA) is 76.9 Å². The van der Waals surface area contributed by atoms with Crippen LogP contribution in [0.1, 0.15) is 11.1 Å².